The molecule has 1 aliphatic heterocycles. The van der Waals surface area contributed by atoms with Gasteiger partial charge in [-0.15, -0.1) is 0 Å². The Labute approximate surface area is 139 Å². The summed E-state index contributed by atoms with van der Waals surface area (Å²) in [6, 6.07) is 8.58. The van der Waals surface area contributed by atoms with Gasteiger partial charge in [0, 0.05) is 26.2 Å². The van der Waals surface area contributed by atoms with Gasteiger partial charge in [-0.05, 0) is 39.7 Å². The average molecular weight is 316 g/mol. The summed E-state index contributed by atoms with van der Waals surface area (Å²) < 4.78 is 5.40. The molecular weight excluding hydrogens is 288 g/mol. The fourth-order valence-corrected chi connectivity index (χ4v) is 2.44. The second-order valence-corrected chi connectivity index (χ2v) is 7.13. The third-order valence-electron chi connectivity index (χ3n) is 3.76. The molecule has 1 aromatic rings. The topological polar surface area (TPSA) is 41.6 Å². The van der Waals surface area contributed by atoms with Crippen LogP contribution in [0.3, 0.4) is 0 Å². The molecule has 0 saturated carbocycles. The van der Waals surface area contributed by atoms with Crippen molar-refractivity contribution in [2.75, 3.05) is 19.6 Å². The van der Waals surface area contributed by atoms with E-state index in [-0.39, 0.29) is 6.09 Å². The van der Waals surface area contributed by atoms with E-state index in [4.69, 9.17) is 4.74 Å². The van der Waals surface area contributed by atoms with E-state index in [0.717, 1.165) is 26.1 Å². The number of rotatable bonds is 4. The second kappa shape index (κ2) is 7.64. The quantitative estimate of drug-likeness (QED) is 0.862. The first-order chi connectivity index (χ1) is 10.8. The van der Waals surface area contributed by atoms with Crippen molar-refractivity contribution >= 4 is 6.09 Å². The minimum Gasteiger partial charge on any atom is -0.444 e. The molecule has 1 amide bonds. The van der Waals surface area contributed by atoms with Gasteiger partial charge in [0.15, 0.2) is 0 Å². The lowest BCUT2D eigenvalue weighted by atomic mass is 10.1. The zero-order valence-corrected chi connectivity index (χ0v) is 14.7. The standard InChI is InChI=1S/C19H28N2O2/c1-15-5-7-16(8-6-15)13-20-14-17-9-11-21(12-10-17)18(22)23-19(2,3)4/h5-9,20H,10-14H2,1-4H3. The number of amides is 1. The molecule has 1 heterocycles. The molecule has 0 bridgehead atoms. The SMILES string of the molecule is Cc1ccc(CNCC2=CCN(C(=O)OC(C)(C)C)CC2)cc1. The highest BCUT2D eigenvalue weighted by Crippen LogP contribution is 2.15. The Morgan fingerprint density at radius 2 is 1.91 bits per heavy atom. The Morgan fingerprint density at radius 3 is 2.48 bits per heavy atom. The number of carbonyl (C=O) groups excluding carboxylic acids is 1. The summed E-state index contributed by atoms with van der Waals surface area (Å²) in [4.78, 5) is 13.8. The Balaban J connectivity index is 1.74. The maximum Gasteiger partial charge on any atom is 0.410 e. The van der Waals surface area contributed by atoms with Crippen molar-refractivity contribution < 1.29 is 9.53 Å². The van der Waals surface area contributed by atoms with Gasteiger partial charge in [0.05, 0.1) is 0 Å². The third kappa shape index (κ3) is 6.06. The summed E-state index contributed by atoms with van der Waals surface area (Å²) in [5.74, 6) is 0. The second-order valence-electron chi connectivity index (χ2n) is 7.13. The van der Waals surface area contributed by atoms with Crippen LogP contribution < -0.4 is 5.32 Å². The number of nitrogens with one attached hydrogen (secondary N) is 1. The highest BCUT2D eigenvalue weighted by atomic mass is 16.6. The lowest BCUT2D eigenvalue weighted by molar-refractivity contribution is 0.0265. The van der Waals surface area contributed by atoms with Crippen LogP contribution in [0.25, 0.3) is 0 Å². The minimum absolute atomic E-state index is 0.222. The van der Waals surface area contributed by atoms with Crippen molar-refractivity contribution in [1.82, 2.24) is 10.2 Å². The smallest absolute Gasteiger partial charge is 0.410 e. The Kier molecular flexibility index (Phi) is 5.83. The molecule has 1 N–H and O–H groups in total. The monoisotopic (exact) mass is 316 g/mol. The molecule has 4 nitrogen and oxygen atoms in total. The van der Waals surface area contributed by atoms with Crippen molar-refractivity contribution in [2.24, 2.45) is 0 Å². The molecule has 0 spiro atoms. The highest BCUT2D eigenvalue weighted by Gasteiger charge is 2.23. The number of hydrogen-bond donors (Lipinski definition) is 1. The van der Waals surface area contributed by atoms with Gasteiger partial charge in [0.2, 0.25) is 0 Å². The molecule has 4 heteroatoms. The van der Waals surface area contributed by atoms with E-state index in [1.807, 2.05) is 20.8 Å². The fraction of sp³-hybridized carbons (Fsp3) is 0.526. The average Bonchev–Trinajstić information content (AvgIpc) is 2.48. The van der Waals surface area contributed by atoms with Crippen LogP contribution in [-0.2, 0) is 11.3 Å². The van der Waals surface area contributed by atoms with E-state index in [1.54, 1.807) is 4.90 Å². The van der Waals surface area contributed by atoms with Gasteiger partial charge in [-0.2, -0.15) is 0 Å². The molecule has 0 saturated heterocycles. The van der Waals surface area contributed by atoms with Crippen LogP contribution in [-0.4, -0.2) is 36.2 Å². The molecule has 0 aromatic heterocycles. The largest absolute Gasteiger partial charge is 0.444 e. The van der Waals surface area contributed by atoms with Crippen molar-refractivity contribution in [3.05, 3.63) is 47.0 Å². The summed E-state index contributed by atoms with van der Waals surface area (Å²) in [5, 5.41) is 3.47. The number of hydrogen-bond acceptors (Lipinski definition) is 3. The van der Waals surface area contributed by atoms with Gasteiger partial charge >= 0.3 is 6.09 Å². The predicted octanol–water partition coefficient (Wildman–Crippen LogP) is 3.65. The lowest BCUT2D eigenvalue weighted by Gasteiger charge is -2.29. The van der Waals surface area contributed by atoms with Crippen molar-refractivity contribution in [2.45, 2.75) is 46.3 Å². The number of aryl methyl sites for hydroxylation is 1. The molecule has 0 fully saturated rings. The predicted molar refractivity (Wildman–Crippen MR) is 93.4 cm³/mol. The molecule has 0 atom stereocenters. The molecule has 23 heavy (non-hydrogen) atoms. The molecule has 2 rings (SSSR count). The summed E-state index contributed by atoms with van der Waals surface area (Å²) in [7, 11) is 0. The zero-order chi connectivity index (χ0) is 16.9. The Morgan fingerprint density at radius 1 is 1.22 bits per heavy atom. The van der Waals surface area contributed by atoms with Crippen molar-refractivity contribution in [3.8, 4) is 0 Å². The van der Waals surface area contributed by atoms with E-state index in [1.165, 1.54) is 16.7 Å². The van der Waals surface area contributed by atoms with Gasteiger partial charge in [-0.25, -0.2) is 4.79 Å². The summed E-state index contributed by atoms with van der Waals surface area (Å²) in [6.45, 7) is 10.9. The van der Waals surface area contributed by atoms with Crippen molar-refractivity contribution in [1.29, 1.82) is 0 Å². The first kappa shape index (κ1) is 17.5. The van der Waals surface area contributed by atoms with Crippen LogP contribution in [0.2, 0.25) is 0 Å². The summed E-state index contributed by atoms with van der Waals surface area (Å²) in [5.41, 5.74) is 3.50. The van der Waals surface area contributed by atoms with Gasteiger partial charge < -0.3 is 15.0 Å². The number of benzene rings is 1. The Bertz CT molecular complexity index is 556. The molecule has 1 aliphatic rings. The number of nitrogens with zero attached hydrogens (tertiary/aromatic N) is 1. The van der Waals surface area contributed by atoms with Gasteiger partial charge in [-0.1, -0.05) is 41.5 Å². The van der Waals surface area contributed by atoms with Crippen LogP contribution >= 0.6 is 0 Å². The molecule has 0 radical (unpaired) electrons. The maximum atomic E-state index is 12.0. The minimum atomic E-state index is -0.434. The first-order valence-corrected chi connectivity index (χ1v) is 8.25. The zero-order valence-electron chi connectivity index (χ0n) is 14.7. The molecule has 0 aliphatic carbocycles. The van der Waals surface area contributed by atoms with Crippen LogP contribution in [0.5, 0.6) is 0 Å². The Hall–Kier alpha value is -1.81. The van der Waals surface area contributed by atoms with Gasteiger partial charge in [-0.3, -0.25) is 0 Å². The summed E-state index contributed by atoms with van der Waals surface area (Å²) >= 11 is 0. The maximum absolute atomic E-state index is 12.0. The van der Waals surface area contributed by atoms with Crippen LogP contribution in [0.4, 0.5) is 4.79 Å². The van der Waals surface area contributed by atoms with Crippen LogP contribution in [0, 0.1) is 6.92 Å². The molecular formula is C19H28N2O2. The van der Waals surface area contributed by atoms with E-state index >= 15 is 0 Å². The molecule has 126 valence electrons. The third-order valence-corrected chi connectivity index (χ3v) is 3.76. The lowest BCUT2D eigenvalue weighted by Crippen LogP contribution is -2.39. The van der Waals surface area contributed by atoms with E-state index < -0.39 is 5.60 Å². The van der Waals surface area contributed by atoms with Gasteiger partial charge in [0.25, 0.3) is 0 Å². The van der Waals surface area contributed by atoms with Crippen LogP contribution in [0.1, 0.15) is 38.3 Å². The van der Waals surface area contributed by atoms with E-state index in [9.17, 15) is 4.79 Å². The highest BCUT2D eigenvalue weighted by molar-refractivity contribution is 5.68. The van der Waals surface area contributed by atoms with E-state index in [0.29, 0.717) is 6.54 Å². The molecule has 1 aromatic carbocycles. The van der Waals surface area contributed by atoms with Gasteiger partial charge in [0.1, 0.15) is 5.60 Å². The number of ether oxygens (including phenoxy) is 1. The number of carbonyl (C=O) groups is 1. The van der Waals surface area contributed by atoms with Crippen molar-refractivity contribution in [3.63, 3.8) is 0 Å². The first-order valence-electron chi connectivity index (χ1n) is 8.25. The molecule has 0 unspecified atom stereocenters. The van der Waals surface area contributed by atoms with Crippen LogP contribution in [0.15, 0.2) is 35.9 Å². The normalized spacial score (nSPS) is 15.3. The fourth-order valence-electron chi connectivity index (χ4n) is 2.44. The van der Waals surface area contributed by atoms with E-state index in [2.05, 4.69) is 42.6 Å². The summed E-state index contributed by atoms with van der Waals surface area (Å²) in [6.07, 6.45) is 2.82.